The highest BCUT2D eigenvalue weighted by Crippen LogP contribution is 2.46. The van der Waals surface area contributed by atoms with E-state index in [4.69, 9.17) is 10.5 Å². The average Bonchev–Trinajstić information content (AvgIpc) is 2.32. The Morgan fingerprint density at radius 3 is 2.89 bits per heavy atom. The molecule has 1 aliphatic carbocycles. The summed E-state index contributed by atoms with van der Waals surface area (Å²) < 4.78 is 19.3. The Morgan fingerprint density at radius 2 is 2.22 bits per heavy atom. The van der Waals surface area contributed by atoms with Crippen LogP contribution in [0.25, 0.3) is 0 Å². The summed E-state index contributed by atoms with van der Waals surface area (Å²) in [5.74, 6) is -0.314. The van der Waals surface area contributed by atoms with Crippen LogP contribution in [-0.4, -0.2) is 17.5 Å². The van der Waals surface area contributed by atoms with Gasteiger partial charge in [-0.05, 0) is 50.3 Å². The van der Waals surface area contributed by atoms with Gasteiger partial charge < -0.3 is 10.5 Å². The highest BCUT2D eigenvalue weighted by Gasteiger charge is 2.42. The highest BCUT2D eigenvalue weighted by molar-refractivity contribution is 8.00. The molecule has 3 rings (SSSR count). The van der Waals surface area contributed by atoms with Crippen molar-refractivity contribution in [1.82, 2.24) is 0 Å². The number of rotatable bonds is 2. The maximum atomic E-state index is 13.4. The number of ether oxygens (including phenoxy) is 1. The SMILES string of the molecule is Nc1ccc(SC2CCOC3(CCC3)C2)cc1F. The molecular weight excluding hydrogens is 249 g/mol. The van der Waals surface area contributed by atoms with Gasteiger partial charge in [0.2, 0.25) is 0 Å². The minimum atomic E-state index is -0.314. The predicted molar refractivity (Wildman–Crippen MR) is 72.2 cm³/mol. The number of nitrogen functional groups attached to an aromatic ring is 1. The smallest absolute Gasteiger partial charge is 0.147 e. The highest BCUT2D eigenvalue weighted by atomic mass is 32.2. The molecule has 2 aliphatic rings. The zero-order valence-electron chi connectivity index (χ0n) is 10.3. The molecule has 18 heavy (non-hydrogen) atoms. The fourth-order valence-corrected chi connectivity index (χ4v) is 4.08. The number of anilines is 1. The van der Waals surface area contributed by atoms with Gasteiger partial charge in [0.05, 0.1) is 11.3 Å². The molecule has 2 fully saturated rings. The molecule has 0 amide bonds. The topological polar surface area (TPSA) is 35.2 Å². The number of halogens is 1. The van der Waals surface area contributed by atoms with E-state index in [0.29, 0.717) is 5.25 Å². The van der Waals surface area contributed by atoms with Crippen LogP contribution < -0.4 is 5.73 Å². The molecule has 1 atom stereocenters. The lowest BCUT2D eigenvalue weighted by atomic mass is 9.75. The Balaban J connectivity index is 1.66. The van der Waals surface area contributed by atoms with Gasteiger partial charge >= 0.3 is 0 Å². The lowest BCUT2D eigenvalue weighted by Crippen LogP contribution is -2.46. The molecule has 1 spiro atoms. The van der Waals surface area contributed by atoms with E-state index in [-0.39, 0.29) is 17.1 Å². The minimum absolute atomic E-state index is 0.155. The summed E-state index contributed by atoms with van der Waals surface area (Å²) in [6.07, 6.45) is 5.83. The summed E-state index contributed by atoms with van der Waals surface area (Å²) in [5, 5.41) is 0.544. The molecule has 0 aromatic heterocycles. The Morgan fingerprint density at radius 1 is 1.39 bits per heavy atom. The first-order valence-corrected chi connectivity index (χ1v) is 7.41. The number of hydrogen-bond donors (Lipinski definition) is 1. The van der Waals surface area contributed by atoms with Gasteiger partial charge in [-0.25, -0.2) is 4.39 Å². The van der Waals surface area contributed by atoms with Crippen LogP contribution >= 0.6 is 11.8 Å². The molecule has 1 unspecified atom stereocenters. The van der Waals surface area contributed by atoms with Gasteiger partial charge in [-0.15, -0.1) is 11.8 Å². The van der Waals surface area contributed by atoms with Crippen LogP contribution in [-0.2, 0) is 4.74 Å². The van der Waals surface area contributed by atoms with E-state index >= 15 is 0 Å². The van der Waals surface area contributed by atoms with Crippen LogP contribution in [0.3, 0.4) is 0 Å². The second-order valence-corrected chi connectivity index (χ2v) is 6.67. The molecule has 1 saturated heterocycles. The molecular formula is C14H18FNOS. The predicted octanol–water partition coefficient (Wildman–Crippen LogP) is 3.60. The van der Waals surface area contributed by atoms with Crippen LogP contribution in [0.1, 0.15) is 32.1 Å². The molecule has 4 heteroatoms. The molecule has 98 valence electrons. The summed E-state index contributed by atoms with van der Waals surface area (Å²) in [6, 6.07) is 5.10. The lowest BCUT2D eigenvalue weighted by molar-refractivity contribution is -0.125. The molecule has 1 aliphatic heterocycles. The van der Waals surface area contributed by atoms with E-state index in [1.54, 1.807) is 23.9 Å². The maximum absolute atomic E-state index is 13.4. The third-order valence-corrected chi connectivity index (χ3v) is 5.25. The molecule has 2 nitrogen and oxygen atoms in total. The number of benzene rings is 1. The summed E-state index contributed by atoms with van der Waals surface area (Å²) in [5.41, 5.74) is 5.87. The van der Waals surface area contributed by atoms with E-state index in [1.165, 1.54) is 19.3 Å². The third kappa shape index (κ3) is 2.36. The summed E-state index contributed by atoms with van der Waals surface area (Å²) in [6.45, 7) is 0.842. The zero-order valence-corrected chi connectivity index (χ0v) is 11.1. The number of nitrogens with two attached hydrogens (primary N) is 1. The molecule has 1 heterocycles. The first kappa shape index (κ1) is 12.3. The van der Waals surface area contributed by atoms with E-state index in [0.717, 1.165) is 24.3 Å². The van der Waals surface area contributed by atoms with Crippen molar-refractivity contribution in [3.63, 3.8) is 0 Å². The van der Waals surface area contributed by atoms with E-state index in [2.05, 4.69) is 0 Å². The van der Waals surface area contributed by atoms with Gasteiger partial charge in [0.25, 0.3) is 0 Å². The first-order chi connectivity index (χ1) is 8.67. The van der Waals surface area contributed by atoms with Gasteiger partial charge in [0.1, 0.15) is 5.82 Å². The summed E-state index contributed by atoms with van der Waals surface area (Å²) in [7, 11) is 0. The molecule has 1 aromatic rings. The van der Waals surface area contributed by atoms with E-state index in [1.807, 2.05) is 6.07 Å². The molecule has 0 bridgehead atoms. The second-order valence-electron chi connectivity index (χ2n) is 5.30. The van der Waals surface area contributed by atoms with Gasteiger partial charge in [0.15, 0.2) is 0 Å². The standard InChI is InChI=1S/C14H18FNOS/c15-12-8-10(2-3-13(12)16)18-11-4-7-17-14(9-11)5-1-6-14/h2-3,8,11H,1,4-7,9,16H2. The van der Waals surface area contributed by atoms with Crippen LogP contribution in [0.15, 0.2) is 23.1 Å². The van der Waals surface area contributed by atoms with Crippen molar-refractivity contribution in [1.29, 1.82) is 0 Å². The normalized spacial score (nSPS) is 25.9. The van der Waals surface area contributed by atoms with Gasteiger partial charge in [-0.3, -0.25) is 0 Å². The molecule has 2 N–H and O–H groups in total. The van der Waals surface area contributed by atoms with Gasteiger partial charge in [-0.1, -0.05) is 0 Å². The van der Waals surface area contributed by atoms with Crippen LogP contribution in [0.5, 0.6) is 0 Å². The van der Waals surface area contributed by atoms with Crippen molar-refractivity contribution < 1.29 is 9.13 Å². The van der Waals surface area contributed by atoms with Crippen molar-refractivity contribution in [2.75, 3.05) is 12.3 Å². The minimum Gasteiger partial charge on any atom is -0.396 e. The van der Waals surface area contributed by atoms with E-state index in [9.17, 15) is 4.39 Å². The van der Waals surface area contributed by atoms with Crippen LogP contribution in [0.4, 0.5) is 10.1 Å². The van der Waals surface area contributed by atoms with Gasteiger partial charge in [-0.2, -0.15) is 0 Å². The Hall–Kier alpha value is -0.740. The lowest BCUT2D eigenvalue weighted by Gasteiger charge is -2.47. The largest absolute Gasteiger partial charge is 0.396 e. The molecule has 1 saturated carbocycles. The fraction of sp³-hybridized carbons (Fsp3) is 0.571. The third-order valence-electron chi connectivity index (χ3n) is 3.99. The number of hydrogen-bond acceptors (Lipinski definition) is 3. The molecule has 1 aromatic carbocycles. The maximum Gasteiger partial charge on any atom is 0.147 e. The first-order valence-electron chi connectivity index (χ1n) is 6.53. The Kier molecular flexibility index (Phi) is 3.24. The van der Waals surface area contributed by atoms with Crippen molar-refractivity contribution in [2.45, 2.75) is 47.9 Å². The van der Waals surface area contributed by atoms with Crippen molar-refractivity contribution >= 4 is 17.4 Å². The van der Waals surface area contributed by atoms with Crippen LogP contribution in [0, 0.1) is 5.82 Å². The Bertz CT molecular complexity index is 447. The summed E-state index contributed by atoms with van der Waals surface area (Å²) >= 11 is 1.76. The van der Waals surface area contributed by atoms with Crippen molar-refractivity contribution in [3.05, 3.63) is 24.0 Å². The quantitative estimate of drug-likeness (QED) is 0.831. The fourth-order valence-electron chi connectivity index (χ4n) is 2.78. The Labute approximate surface area is 111 Å². The molecule has 0 radical (unpaired) electrons. The van der Waals surface area contributed by atoms with Gasteiger partial charge in [0, 0.05) is 16.8 Å². The summed E-state index contributed by atoms with van der Waals surface area (Å²) in [4.78, 5) is 0.975. The van der Waals surface area contributed by atoms with Crippen LogP contribution in [0.2, 0.25) is 0 Å². The van der Waals surface area contributed by atoms with Crippen molar-refractivity contribution in [3.8, 4) is 0 Å². The van der Waals surface area contributed by atoms with Crippen molar-refractivity contribution in [2.24, 2.45) is 0 Å². The zero-order chi connectivity index (χ0) is 12.6. The number of thioether (sulfide) groups is 1. The monoisotopic (exact) mass is 267 g/mol. The average molecular weight is 267 g/mol. The van der Waals surface area contributed by atoms with E-state index < -0.39 is 0 Å². The second kappa shape index (κ2) is 4.74.